The number of anilines is 1. The molecule has 0 aromatic heterocycles. The molecular weight excluding hydrogens is 202 g/mol. The minimum absolute atomic E-state index is 0.00133. The molecule has 16 heavy (non-hydrogen) atoms. The van der Waals surface area contributed by atoms with Gasteiger partial charge >= 0.3 is 5.97 Å². The van der Waals surface area contributed by atoms with E-state index in [9.17, 15) is 4.79 Å². The monoisotopic (exact) mass is 221 g/mol. The molecule has 0 bridgehead atoms. The molecule has 0 fully saturated rings. The Bertz CT molecular complexity index is 350. The molecule has 2 N–H and O–H groups in total. The summed E-state index contributed by atoms with van der Waals surface area (Å²) in [5, 5.41) is 0. The van der Waals surface area contributed by atoms with Gasteiger partial charge < -0.3 is 10.5 Å². The molecule has 1 aromatic rings. The van der Waals surface area contributed by atoms with Crippen LogP contribution in [0, 0.1) is 0 Å². The SMILES string of the molecule is CCCC(C)OC(=O)Cc1cccc(N)c1. The van der Waals surface area contributed by atoms with E-state index < -0.39 is 0 Å². The highest BCUT2D eigenvalue weighted by molar-refractivity contribution is 5.73. The first-order valence-corrected chi connectivity index (χ1v) is 5.65. The molecule has 1 atom stereocenters. The van der Waals surface area contributed by atoms with Gasteiger partial charge in [0.1, 0.15) is 0 Å². The fourth-order valence-corrected chi connectivity index (χ4v) is 1.60. The molecule has 0 amide bonds. The number of nitrogen functional groups attached to an aromatic ring is 1. The average Bonchev–Trinajstić information content (AvgIpc) is 2.17. The second kappa shape index (κ2) is 6.16. The van der Waals surface area contributed by atoms with Gasteiger partial charge in [0.05, 0.1) is 12.5 Å². The van der Waals surface area contributed by atoms with Gasteiger partial charge in [0.25, 0.3) is 0 Å². The lowest BCUT2D eigenvalue weighted by Crippen LogP contribution is -2.16. The van der Waals surface area contributed by atoms with Crippen molar-refractivity contribution in [1.82, 2.24) is 0 Å². The fraction of sp³-hybridized carbons (Fsp3) is 0.462. The minimum Gasteiger partial charge on any atom is -0.462 e. The van der Waals surface area contributed by atoms with Crippen molar-refractivity contribution >= 4 is 11.7 Å². The summed E-state index contributed by atoms with van der Waals surface area (Å²) < 4.78 is 5.25. The number of hydrogen-bond acceptors (Lipinski definition) is 3. The number of benzene rings is 1. The highest BCUT2D eigenvalue weighted by Gasteiger charge is 2.09. The third kappa shape index (κ3) is 4.34. The largest absolute Gasteiger partial charge is 0.462 e. The normalized spacial score (nSPS) is 12.1. The molecule has 0 saturated carbocycles. The number of rotatable bonds is 5. The average molecular weight is 221 g/mol. The van der Waals surface area contributed by atoms with Crippen LogP contribution in [-0.4, -0.2) is 12.1 Å². The minimum atomic E-state index is -0.188. The summed E-state index contributed by atoms with van der Waals surface area (Å²) in [6.07, 6.45) is 2.22. The van der Waals surface area contributed by atoms with Crippen molar-refractivity contribution < 1.29 is 9.53 Å². The van der Waals surface area contributed by atoms with Crippen LogP contribution in [0.1, 0.15) is 32.3 Å². The summed E-state index contributed by atoms with van der Waals surface area (Å²) in [5.41, 5.74) is 7.20. The van der Waals surface area contributed by atoms with Crippen LogP contribution in [0.15, 0.2) is 24.3 Å². The van der Waals surface area contributed by atoms with E-state index in [0.717, 1.165) is 18.4 Å². The van der Waals surface area contributed by atoms with E-state index in [1.807, 2.05) is 19.1 Å². The fourth-order valence-electron chi connectivity index (χ4n) is 1.60. The van der Waals surface area contributed by atoms with Gasteiger partial charge in [0.15, 0.2) is 0 Å². The highest BCUT2D eigenvalue weighted by Crippen LogP contribution is 2.09. The number of esters is 1. The van der Waals surface area contributed by atoms with E-state index in [1.54, 1.807) is 12.1 Å². The van der Waals surface area contributed by atoms with E-state index in [0.29, 0.717) is 12.1 Å². The van der Waals surface area contributed by atoms with Crippen LogP contribution < -0.4 is 5.73 Å². The lowest BCUT2D eigenvalue weighted by Gasteiger charge is -2.12. The Morgan fingerprint density at radius 2 is 2.25 bits per heavy atom. The van der Waals surface area contributed by atoms with Crippen molar-refractivity contribution in [3.63, 3.8) is 0 Å². The Hall–Kier alpha value is -1.51. The summed E-state index contributed by atoms with van der Waals surface area (Å²) in [4.78, 5) is 11.5. The lowest BCUT2D eigenvalue weighted by molar-refractivity contribution is -0.147. The molecule has 0 heterocycles. The van der Waals surface area contributed by atoms with E-state index >= 15 is 0 Å². The van der Waals surface area contributed by atoms with Crippen LogP contribution in [-0.2, 0) is 16.0 Å². The van der Waals surface area contributed by atoms with Crippen LogP contribution in [0.3, 0.4) is 0 Å². The second-order valence-electron chi connectivity index (χ2n) is 4.01. The first-order valence-electron chi connectivity index (χ1n) is 5.65. The number of carbonyl (C=O) groups excluding carboxylic acids is 1. The van der Waals surface area contributed by atoms with Gasteiger partial charge in [-0.25, -0.2) is 0 Å². The zero-order chi connectivity index (χ0) is 12.0. The van der Waals surface area contributed by atoms with E-state index in [1.165, 1.54) is 0 Å². The maximum atomic E-state index is 11.5. The van der Waals surface area contributed by atoms with Gasteiger partial charge in [-0.2, -0.15) is 0 Å². The zero-order valence-electron chi connectivity index (χ0n) is 9.90. The molecule has 0 aliphatic carbocycles. The Kier molecular flexibility index (Phi) is 4.83. The molecule has 3 heteroatoms. The van der Waals surface area contributed by atoms with Crippen molar-refractivity contribution in [3.8, 4) is 0 Å². The van der Waals surface area contributed by atoms with Crippen LogP contribution >= 0.6 is 0 Å². The van der Waals surface area contributed by atoms with Gasteiger partial charge in [-0.15, -0.1) is 0 Å². The molecule has 1 aromatic carbocycles. The van der Waals surface area contributed by atoms with Gasteiger partial charge in [-0.1, -0.05) is 25.5 Å². The molecule has 0 saturated heterocycles. The summed E-state index contributed by atoms with van der Waals surface area (Å²) in [5.74, 6) is -0.188. The van der Waals surface area contributed by atoms with Crippen LogP contribution in [0.25, 0.3) is 0 Å². The van der Waals surface area contributed by atoms with Gasteiger partial charge in [-0.05, 0) is 31.0 Å². The van der Waals surface area contributed by atoms with Crippen molar-refractivity contribution in [2.75, 3.05) is 5.73 Å². The Labute approximate surface area is 96.6 Å². The molecule has 1 unspecified atom stereocenters. The Morgan fingerprint density at radius 1 is 1.50 bits per heavy atom. The maximum absolute atomic E-state index is 11.5. The third-order valence-electron chi connectivity index (χ3n) is 2.33. The standard InChI is InChI=1S/C13H19NO2/c1-3-5-10(2)16-13(15)9-11-6-4-7-12(14)8-11/h4,6-8,10H,3,5,9,14H2,1-2H3. The smallest absolute Gasteiger partial charge is 0.310 e. The van der Waals surface area contributed by atoms with Gasteiger partial charge in [0.2, 0.25) is 0 Å². The molecule has 88 valence electrons. The molecule has 0 spiro atoms. The number of carbonyl (C=O) groups is 1. The highest BCUT2D eigenvalue weighted by atomic mass is 16.5. The molecule has 1 rings (SSSR count). The van der Waals surface area contributed by atoms with Crippen molar-refractivity contribution in [3.05, 3.63) is 29.8 Å². The summed E-state index contributed by atoms with van der Waals surface area (Å²) in [6, 6.07) is 7.32. The first-order chi connectivity index (χ1) is 7.61. The molecular formula is C13H19NO2. The third-order valence-corrected chi connectivity index (χ3v) is 2.33. The summed E-state index contributed by atoms with van der Waals surface area (Å²) in [7, 11) is 0. The first kappa shape index (κ1) is 12.6. The zero-order valence-corrected chi connectivity index (χ0v) is 9.90. The summed E-state index contributed by atoms with van der Waals surface area (Å²) in [6.45, 7) is 3.99. The van der Waals surface area contributed by atoms with E-state index in [4.69, 9.17) is 10.5 Å². The molecule has 0 aliphatic heterocycles. The van der Waals surface area contributed by atoms with Gasteiger partial charge in [-0.3, -0.25) is 4.79 Å². The Morgan fingerprint density at radius 3 is 2.88 bits per heavy atom. The van der Waals surface area contributed by atoms with Gasteiger partial charge in [0, 0.05) is 5.69 Å². The van der Waals surface area contributed by atoms with Crippen molar-refractivity contribution in [2.24, 2.45) is 0 Å². The molecule has 0 aliphatic rings. The van der Waals surface area contributed by atoms with E-state index in [-0.39, 0.29) is 12.1 Å². The van der Waals surface area contributed by atoms with Crippen LogP contribution in [0.5, 0.6) is 0 Å². The number of ether oxygens (including phenoxy) is 1. The lowest BCUT2D eigenvalue weighted by atomic mass is 10.1. The predicted molar refractivity (Wildman–Crippen MR) is 65.0 cm³/mol. The topological polar surface area (TPSA) is 52.3 Å². The predicted octanol–water partition coefficient (Wildman–Crippen LogP) is 2.54. The molecule has 0 radical (unpaired) electrons. The molecule has 3 nitrogen and oxygen atoms in total. The van der Waals surface area contributed by atoms with Crippen LogP contribution in [0.2, 0.25) is 0 Å². The van der Waals surface area contributed by atoms with Crippen molar-refractivity contribution in [1.29, 1.82) is 0 Å². The second-order valence-corrected chi connectivity index (χ2v) is 4.01. The number of nitrogens with two attached hydrogens (primary N) is 1. The van der Waals surface area contributed by atoms with Crippen molar-refractivity contribution in [2.45, 2.75) is 39.2 Å². The summed E-state index contributed by atoms with van der Waals surface area (Å²) >= 11 is 0. The Balaban J connectivity index is 2.45. The maximum Gasteiger partial charge on any atom is 0.310 e. The van der Waals surface area contributed by atoms with Crippen LogP contribution in [0.4, 0.5) is 5.69 Å². The van der Waals surface area contributed by atoms with E-state index in [2.05, 4.69) is 6.92 Å². The number of hydrogen-bond donors (Lipinski definition) is 1. The quantitative estimate of drug-likeness (QED) is 0.614.